The summed E-state index contributed by atoms with van der Waals surface area (Å²) in [5.74, 6) is 3.43. The van der Waals surface area contributed by atoms with Crippen molar-refractivity contribution in [2.45, 2.75) is 115 Å². The lowest BCUT2D eigenvalue weighted by Gasteiger charge is -2.33. The van der Waals surface area contributed by atoms with Gasteiger partial charge < -0.3 is 86.5 Å². The number of halogens is 3. The number of likely N-dealkylation sites (N-methyl/N-ethyl adjacent to an activating group) is 2. The lowest BCUT2D eigenvalue weighted by molar-refractivity contribution is -0.886. The maximum atomic E-state index is 13.0. The molecule has 2 atom stereocenters. The molecule has 2 N–H and O–H groups in total. The van der Waals surface area contributed by atoms with Crippen LogP contribution in [-0.4, -0.2) is 101 Å². The maximum Gasteiger partial charge on any atom is 0.278 e. The molecule has 2 amide bonds. The van der Waals surface area contributed by atoms with Crippen molar-refractivity contribution < 1.29 is 85.5 Å². The summed E-state index contributed by atoms with van der Waals surface area (Å²) < 4.78 is 25.3. The second-order valence-electron chi connectivity index (χ2n) is 23.3. The molecule has 0 fully saturated rings. The molecule has 85 heavy (non-hydrogen) atoms. The Morgan fingerprint density at radius 2 is 0.741 bits per heavy atom. The minimum absolute atomic E-state index is 0. The SMILES string of the molecule is C[N+](C)(C)C(Cc1ccccc1)C(=O)NCCCCCCCCOc1ccc(OCc2ccccc2)c(-c2ccccc2)c1.C[N+](C)(C)C(Cc1ccccc1)C(=O)NCCCCCCCCOc1ccc(OCc2ccccc2)c(Cl)c1.[I-].[I-]. The van der Waals surface area contributed by atoms with Crippen molar-refractivity contribution in [1.82, 2.24) is 10.6 Å². The molecule has 0 aliphatic rings. The number of nitrogens with zero attached hydrogens (tertiary/aromatic N) is 2. The molecular formula is C72H93ClI2N4O6. The first-order valence-electron chi connectivity index (χ1n) is 30.1. The number of ether oxygens (including phenoxy) is 4. The van der Waals surface area contributed by atoms with Gasteiger partial charge in [0.15, 0.2) is 12.1 Å². The van der Waals surface area contributed by atoms with Crippen molar-refractivity contribution in [3.05, 3.63) is 215 Å². The van der Waals surface area contributed by atoms with Crippen LogP contribution in [0.15, 0.2) is 188 Å². The van der Waals surface area contributed by atoms with Gasteiger partial charge in [0.25, 0.3) is 11.8 Å². The Morgan fingerprint density at radius 1 is 0.400 bits per heavy atom. The van der Waals surface area contributed by atoms with Crippen molar-refractivity contribution in [1.29, 1.82) is 0 Å². The highest BCUT2D eigenvalue weighted by Crippen LogP contribution is 2.35. The minimum Gasteiger partial charge on any atom is -1.00 e. The summed E-state index contributed by atoms with van der Waals surface area (Å²) in [5, 5.41) is 6.92. The summed E-state index contributed by atoms with van der Waals surface area (Å²) >= 11 is 6.38. The summed E-state index contributed by atoms with van der Waals surface area (Å²) in [6.07, 6.45) is 14.7. The Hall–Kier alpha value is -5.65. The van der Waals surface area contributed by atoms with E-state index in [0.717, 1.165) is 123 Å². The second-order valence-corrected chi connectivity index (χ2v) is 23.7. The Morgan fingerprint density at radius 3 is 1.14 bits per heavy atom. The lowest BCUT2D eigenvalue weighted by Crippen LogP contribution is -3.00. The smallest absolute Gasteiger partial charge is 0.278 e. The van der Waals surface area contributed by atoms with Crippen LogP contribution < -0.4 is 77.5 Å². The molecule has 13 heteroatoms. The van der Waals surface area contributed by atoms with E-state index in [0.29, 0.717) is 46.2 Å². The molecular weight excluding hydrogens is 1310 g/mol. The molecule has 0 saturated carbocycles. The monoisotopic (exact) mass is 1400 g/mol. The van der Waals surface area contributed by atoms with E-state index in [1.54, 1.807) is 0 Å². The van der Waals surface area contributed by atoms with Gasteiger partial charge >= 0.3 is 0 Å². The van der Waals surface area contributed by atoms with E-state index in [1.807, 2.05) is 133 Å². The van der Waals surface area contributed by atoms with Crippen LogP contribution in [0, 0.1) is 0 Å². The second kappa shape index (κ2) is 39.9. The fraction of sp³-hybridized carbons (Fsp3) is 0.389. The van der Waals surface area contributed by atoms with E-state index in [4.69, 9.17) is 30.5 Å². The molecule has 0 aliphatic heterocycles. The highest BCUT2D eigenvalue weighted by atomic mass is 127. The summed E-state index contributed by atoms with van der Waals surface area (Å²) in [7, 11) is 12.5. The first-order chi connectivity index (χ1) is 40.2. The third-order valence-electron chi connectivity index (χ3n) is 14.7. The van der Waals surface area contributed by atoms with Crippen molar-refractivity contribution in [2.24, 2.45) is 0 Å². The van der Waals surface area contributed by atoms with Crippen LogP contribution in [0.5, 0.6) is 23.0 Å². The zero-order valence-electron chi connectivity index (χ0n) is 51.2. The summed E-state index contributed by atoms with van der Waals surface area (Å²) in [5.41, 5.74) is 6.80. The first kappa shape index (κ1) is 71.8. The van der Waals surface area contributed by atoms with Gasteiger partial charge in [0, 0.05) is 37.6 Å². The van der Waals surface area contributed by atoms with E-state index < -0.39 is 0 Å². The van der Waals surface area contributed by atoms with Crippen molar-refractivity contribution in [2.75, 3.05) is 68.6 Å². The maximum absolute atomic E-state index is 13.0. The van der Waals surface area contributed by atoms with Gasteiger partial charge in [-0.15, -0.1) is 0 Å². The number of benzene rings is 7. The number of hydrogen-bond acceptors (Lipinski definition) is 6. The predicted octanol–water partition coefficient (Wildman–Crippen LogP) is 9.17. The number of nitrogens with one attached hydrogen (secondary N) is 2. The van der Waals surface area contributed by atoms with Crippen LogP contribution >= 0.6 is 11.6 Å². The van der Waals surface area contributed by atoms with Crippen LogP contribution in [0.25, 0.3) is 11.1 Å². The molecule has 0 radical (unpaired) electrons. The molecule has 0 saturated heterocycles. The lowest BCUT2D eigenvalue weighted by atomic mass is 10.0. The van der Waals surface area contributed by atoms with Crippen molar-refractivity contribution in [3.63, 3.8) is 0 Å². The van der Waals surface area contributed by atoms with Crippen molar-refractivity contribution >= 4 is 23.4 Å². The summed E-state index contributed by atoms with van der Waals surface area (Å²) in [6.45, 7) is 3.85. The molecule has 7 rings (SSSR count). The summed E-state index contributed by atoms with van der Waals surface area (Å²) in [6, 6.07) is 62.6. The van der Waals surface area contributed by atoms with Gasteiger partial charge in [-0.3, -0.25) is 9.59 Å². The molecule has 7 aromatic rings. The van der Waals surface area contributed by atoms with Crippen LogP contribution in [0.1, 0.15) is 99.3 Å². The molecule has 0 bridgehead atoms. The van der Waals surface area contributed by atoms with Gasteiger partial charge in [0.1, 0.15) is 36.2 Å². The average molecular weight is 1400 g/mol. The van der Waals surface area contributed by atoms with Gasteiger partial charge in [-0.1, -0.05) is 215 Å². The highest BCUT2D eigenvalue weighted by Gasteiger charge is 2.32. The fourth-order valence-electron chi connectivity index (χ4n) is 9.75. The molecule has 0 heterocycles. The molecule has 2 unspecified atom stereocenters. The zero-order chi connectivity index (χ0) is 59.0. The number of quaternary nitrogens is 2. The number of carbonyl (C=O) groups excluding carboxylic acids is 2. The van der Waals surface area contributed by atoms with E-state index in [1.165, 1.54) is 30.4 Å². The van der Waals surface area contributed by atoms with Gasteiger partial charge in [-0.05, 0) is 83.8 Å². The van der Waals surface area contributed by atoms with Crippen molar-refractivity contribution in [3.8, 4) is 34.1 Å². The van der Waals surface area contributed by atoms with Gasteiger partial charge in [0.05, 0.1) is 60.5 Å². The largest absolute Gasteiger partial charge is 1.00 e. The average Bonchev–Trinajstić information content (AvgIpc) is 3.56. The zero-order valence-corrected chi connectivity index (χ0v) is 56.2. The van der Waals surface area contributed by atoms with E-state index in [-0.39, 0.29) is 71.9 Å². The van der Waals surface area contributed by atoms with E-state index >= 15 is 0 Å². The number of rotatable bonds is 35. The Labute approximate surface area is 548 Å². The Bertz CT molecular complexity index is 2910. The molecule has 0 aliphatic carbocycles. The third-order valence-corrected chi connectivity index (χ3v) is 15.0. The number of carbonyl (C=O) groups is 2. The molecule has 458 valence electrons. The van der Waals surface area contributed by atoms with E-state index in [2.05, 4.69) is 108 Å². The predicted molar refractivity (Wildman–Crippen MR) is 341 cm³/mol. The minimum atomic E-state index is -0.0980. The first-order valence-corrected chi connectivity index (χ1v) is 30.4. The topological polar surface area (TPSA) is 95.1 Å². The normalized spacial score (nSPS) is 11.8. The highest BCUT2D eigenvalue weighted by molar-refractivity contribution is 6.32. The van der Waals surface area contributed by atoms with Crippen LogP contribution in [0.3, 0.4) is 0 Å². The Balaban J connectivity index is 0.000000359. The molecule has 7 aromatic carbocycles. The standard InChI is InChI=1S/C39H48N2O3.C33H43ClN2O3.2HI/c1-41(2,3)37(29-32-19-11-8-12-20-32)39(42)40-27-17-6-4-5-7-18-28-43-35-25-26-38(44-31-33-21-13-9-14-22-33)36(30-35)34-23-15-10-16-24-34;1-36(2,3)31(24-27-16-10-8-11-17-27)33(37)35-22-14-6-4-5-7-15-23-38-29-20-21-32(30(34)25-29)39-26-28-18-12-9-13-19-28;;/h8-16,19-26,30,37H,4-7,17-18,27-29,31H2,1-3H3;8-13,16-21,25,31H,4-7,14-15,22-24,26H2,1-3H3;2*1H. The van der Waals surface area contributed by atoms with Crippen LogP contribution in [0.2, 0.25) is 5.02 Å². The number of hydrogen-bond donors (Lipinski definition) is 2. The molecule has 10 nitrogen and oxygen atoms in total. The summed E-state index contributed by atoms with van der Waals surface area (Å²) in [4.78, 5) is 25.9. The fourth-order valence-corrected chi connectivity index (χ4v) is 9.97. The third kappa shape index (κ3) is 27.7. The van der Waals surface area contributed by atoms with Crippen LogP contribution in [-0.2, 0) is 35.6 Å². The quantitative estimate of drug-likeness (QED) is 0.0234. The van der Waals surface area contributed by atoms with E-state index in [9.17, 15) is 9.59 Å². The van der Waals surface area contributed by atoms with Gasteiger partial charge in [0.2, 0.25) is 0 Å². The molecule has 0 aromatic heterocycles. The Kier molecular flexibility index (Phi) is 33.7. The van der Waals surface area contributed by atoms with Gasteiger partial charge in [-0.25, -0.2) is 0 Å². The molecule has 0 spiro atoms. The van der Waals surface area contributed by atoms with Crippen LogP contribution in [0.4, 0.5) is 0 Å². The van der Waals surface area contributed by atoms with Gasteiger partial charge in [-0.2, -0.15) is 0 Å². The number of unbranched alkanes of at least 4 members (excludes halogenated alkanes) is 10. The number of amides is 2.